The molecule has 0 amide bonds. The number of methoxy groups -OCH3 is 1. The molecule has 47 heavy (non-hydrogen) atoms. The summed E-state index contributed by atoms with van der Waals surface area (Å²) in [5, 5.41) is 4.60. The van der Waals surface area contributed by atoms with Crippen LogP contribution in [-0.2, 0) is 25.9 Å². The summed E-state index contributed by atoms with van der Waals surface area (Å²) in [6, 6.07) is 13.8. The van der Waals surface area contributed by atoms with Crippen LogP contribution in [-0.4, -0.2) is 72.8 Å². The number of allylic oxidation sites excluding steroid dienone is 1. The van der Waals surface area contributed by atoms with Crippen LogP contribution in [0.15, 0.2) is 83.5 Å². The third-order valence-corrected chi connectivity index (χ3v) is 11.0. The minimum absolute atomic E-state index is 0.0356. The van der Waals surface area contributed by atoms with Crippen LogP contribution in [0, 0.1) is 24.0 Å². The molecule has 2 heterocycles. The first-order valence-electron chi connectivity index (χ1n) is 15.5. The molecule has 2 aliphatic carbocycles. The quantitative estimate of drug-likeness (QED) is 0.144. The monoisotopic (exact) mass is 662 g/mol. The first-order chi connectivity index (χ1) is 22.6. The van der Waals surface area contributed by atoms with Crippen LogP contribution in [0.1, 0.15) is 46.6 Å². The smallest absolute Gasteiger partial charge is 0.243 e. The van der Waals surface area contributed by atoms with E-state index in [-0.39, 0.29) is 42.5 Å². The third-order valence-electron chi connectivity index (χ3n) is 9.00. The van der Waals surface area contributed by atoms with Crippen molar-refractivity contribution in [2.75, 3.05) is 33.5 Å². The van der Waals surface area contributed by atoms with E-state index in [1.54, 1.807) is 42.4 Å². The maximum atomic E-state index is 14.7. The molecule has 0 aliphatic heterocycles. The molecule has 0 N–H and O–H groups in total. The van der Waals surface area contributed by atoms with Crippen molar-refractivity contribution in [1.82, 2.24) is 19.1 Å². The van der Waals surface area contributed by atoms with Crippen molar-refractivity contribution >= 4 is 21.9 Å². The summed E-state index contributed by atoms with van der Waals surface area (Å²) in [5.41, 5.74) is 3.26. The van der Waals surface area contributed by atoms with Gasteiger partial charge in [0, 0.05) is 25.9 Å². The molecule has 1 fully saturated rings. The highest BCUT2D eigenvalue weighted by Gasteiger charge is 2.51. The lowest BCUT2D eigenvalue weighted by Gasteiger charge is -2.46. The predicted molar refractivity (Wildman–Crippen MR) is 172 cm³/mol. The average molecular weight is 663 g/mol. The lowest BCUT2D eigenvalue weighted by molar-refractivity contribution is 0.0552. The van der Waals surface area contributed by atoms with Crippen LogP contribution in [0.3, 0.4) is 0 Å². The molecule has 0 spiro atoms. The van der Waals surface area contributed by atoms with Gasteiger partial charge in [0.25, 0.3) is 0 Å². The number of aryl methyl sites for hydroxylation is 1. The second kappa shape index (κ2) is 13.6. The van der Waals surface area contributed by atoms with E-state index >= 15 is 0 Å². The van der Waals surface area contributed by atoms with E-state index in [9.17, 15) is 22.0 Å². The Morgan fingerprint density at radius 3 is 2.47 bits per heavy atom. The molecular formula is C35H36F2N4O5S. The summed E-state index contributed by atoms with van der Waals surface area (Å²) in [6.07, 6.45) is 6.67. The predicted octanol–water partition coefficient (Wildman–Crippen LogP) is 5.57. The molecule has 0 bridgehead atoms. The van der Waals surface area contributed by atoms with Crippen molar-refractivity contribution in [2.24, 2.45) is 5.41 Å². The number of Topliss-reactive ketones (excluding diaryl/α,β-unsaturated/α-hetero) is 1. The molecule has 2 aromatic carbocycles. The molecule has 12 heteroatoms. The van der Waals surface area contributed by atoms with E-state index in [0.717, 1.165) is 34.5 Å². The van der Waals surface area contributed by atoms with Crippen molar-refractivity contribution < 1.29 is 31.5 Å². The second-order valence-corrected chi connectivity index (χ2v) is 13.9. The number of ether oxygens (including phenoxy) is 2. The number of hydrogen-bond donors (Lipinski definition) is 0. The normalized spacial score (nSPS) is 19.3. The molecule has 6 rings (SSSR count). The Hall–Kier alpha value is -4.10. The molecule has 1 saturated carbocycles. The van der Waals surface area contributed by atoms with Gasteiger partial charge in [-0.05, 0) is 110 Å². The number of hydrogen-bond acceptors (Lipinski definition) is 7. The van der Waals surface area contributed by atoms with Crippen LogP contribution in [0.25, 0.3) is 11.8 Å². The second-order valence-electron chi connectivity index (χ2n) is 12.0. The van der Waals surface area contributed by atoms with E-state index in [1.165, 1.54) is 28.6 Å². The van der Waals surface area contributed by atoms with Gasteiger partial charge in [-0.25, -0.2) is 21.9 Å². The van der Waals surface area contributed by atoms with Crippen molar-refractivity contribution in [3.63, 3.8) is 0 Å². The zero-order valence-corrected chi connectivity index (χ0v) is 27.1. The van der Waals surface area contributed by atoms with Gasteiger partial charge in [0.15, 0.2) is 5.78 Å². The SMILES string of the molecule is COCCOCCN([C@H]1CCC2=Cc3c(cnn3-c3ccc(F)cc3)C[C@]2(C(=O)c2cc(C)ccn2)C1)S(=O)(=O)c1ccc(F)cc1. The Morgan fingerprint density at radius 1 is 1.04 bits per heavy atom. The van der Waals surface area contributed by atoms with Crippen LogP contribution in [0.4, 0.5) is 8.78 Å². The third kappa shape index (κ3) is 6.55. The molecule has 4 aromatic rings. The summed E-state index contributed by atoms with van der Waals surface area (Å²) in [6.45, 7) is 2.69. The average Bonchev–Trinajstić information content (AvgIpc) is 3.47. The lowest BCUT2D eigenvalue weighted by atomic mass is 9.60. The zero-order chi connectivity index (χ0) is 33.2. The summed E-state index contributed by atoms with van der Waals surface area (Å²) in [4.78, 5) is 19.1. The topological polar surface area (TPSA) is 104 Å². The minimum Gasteiger partial charge on any atom is -0.382 e. The van der Waals surface area contributed by atoms with E-state index < -0.39 is 27.3 Å². The Bertz CT molecular complexity index is 1890. The van der Waals surface area contributed by atoms with E-state index in [2.05, 4.69) is 10.1 Å². The van der Waals surface area contributed by atoms with Crippen molar-refractivity contribution in [3.8, 4) is 5.69 Å². The highest BCUT2D eigenvalue weighted by Crippen LogP contribution is 2.51. The maximum Gasteiger partial charge on any atom is 0.243 e. The lowest BCUT2D eigenvalue weighted by Crippen LogP contribution is -2.51. The van der Waals surface area contributed by atoms with Crippen LogP contribution in [0.5, 0.6) is 0 Å². The van der Waals surface area contributed by atoms with Crippen LogP contribution < -0.4 is 0 Å². The van der Waals surface area contributed by atoms with Gasteiger partial charge in [0.05, 0.1) is 47.7 Å². The minimum atomic E-state index is -4.11. The van der Waals surface area contributed by atoms with Crippen LogP contribution in [0.2, 0.25) is 0 Å². The number of aromatic nitrogens is 3. The first-order valence-corrected chi connectivity index (χ1v) is 16.9. The molecule has 9 nitrogen and oxygen atoms in total. The van der Waals surface area contributed by atoms with Crippen molar-refractivity contribution in [3.05, 3.63) is 113 Å². The Labute approximate surface area is 272 Å². The number of halogens is 2. The number of sulfonamides is 1. The van der Waals surface area contributed by atoms with Gasteiger partial charge in [-0.3, -0.25) is 9.78 Å². The number of rotatable bonds is 12. The fourth-order valence-electron chi connectivity index (χ4n) is 6.66. The molecule has 2 atom stereocenters. The number of carbonyl (C=O) groups excluding carboxylic acids is 1. The fourth-order valence-corrected chi connectivity index (χ4v) is 8.30. The summed E-state index contributed by atoms with van der Waals surface area (Å²) < 4.78 is 69.7. The molecule has 0 saturated heterocycles. The fraction of sp³-hybridized carbons (Fsp3) is 0.343. The molecule has 0 radical (unpaired) electrons. The van der Waals surface area contributed by atoms with Crippen LogP contribution >= 0.6 is 0 Å². The molecule has 2 aromatic heterocycles. The van der Waals surface area contributed by atoms with Gasteiger partial charge >= 0.3 is 0 Å². The number of ketones is 1. The number of benzene rings is 2. The highest BCUT2D eigenvalue weighted by molar-refractivity contribution is 7.89. The molecule has 246 valence electrons. The van der Waals surface area contributed by atoms with Crippen molar-refractivity contribution in [1.29, 1.82) is 0 Å². The standard InChI is InChI=1S/C35H36F2N4O5S/c1-24-13-14-38-32(19-24)34(42)35-21-25-23-39-41(29-9-4-27(36)5-10-29)33(25)20-26(35)3-8-30(22-35)40(15-16-46-18-17-45-2)47(43,44)31-11-6-28(37)7-12-31/h4-7,9-14,19-20,23,30H,3,8,15-18,21-22H2,1-2H3/t30-,35-/m0/s1. The van der Waals surface area contributed by atoms with E-state index in [1.807, 2.05) is 19.1 Å². The number of carbonyl (C=O) groups is 1. The Kier molecular flexibility index (Phi) is 9.47. The number of fused-ring (bicyclic) bond motifs is 2. The number of nitrogens with zero attached hydrogens (tertiary/aromatic N) is 4. The molecule has 2 aliphatic rings. The summed E-state index contributed by atoms with van der Waals surface area (Å²) >= 11 is 0. The van der Waals surface area contributed by atoms with Gasteiger partial charge in [-0.15, -0.1) is 0 Å². The largest absolute Gasteiger partial charge is 0.382 e. The van der Waals surface area contributed by atoms with Gasteiger partial charge in [0.1, 0.15) is 17.3 Å². The summed E-state index contributed by atoms with van der Waals surface area (Å²) in [7, 11) is -2.55. The number of pyridine rings is 1. The van der Waals surface area contributed by atoms with Gasteiger partial charge in [0.2, 0.25) is 10.0 Å². The van der Waals surface area contributed by atoms with Gasteiger partial charge in [-0.1, -0.05) is 5.57 Å². The Morgan fingerprint density at radius 2 is 1.77 bits per heavy atom. The molecule has 0 unspecified atom stereocenters. The van der Waals surface area contributed by atoms with E-state index in [4.69, 9.17) is 9.47 Å². The Balaban J connectivity index is 1.41. The first kappa shape index (κ1) is 32.8. The van der Waals surface area contributed by atoms with Gasteiger partial charge in [-0.2, -0.15) is 9.40 Å². The highest BCUT2D eigenvalue weighted by atomic mass is 32.2. The zero-order valence-electron chi connectivity index (χ0n) is 26.2. The van der Waals surface area contributed by atoms with Gasteiger partial charge < -0.3 is 9.47 Å². The summed E-state index contributed by atoms with van der Waals surface area (Å²) in [5.74, 6) is -1.08. The van der Waals surface area contributed by atoms with Crippen molar-refractivity contribution in [2.45, 2.75) is 43.5 Å². The molecular weight excluding hydrogens is 626 g/mol. The van der Waals surface area contributed by atoms with E-state index in [0.29, 0.717) is 37.4 Å². The maximum absolute atomic E-state index is 14.7.